The van der Waals surface area contributed by atoms with Crippen molar-refractivity contribution in [2.24, 2.45) is 0 Å². The van der Waals surface area contributed by atoms with Gasteiger partial charge < -0.3 is 9.59 Å². The van der Waals surface area contributed by atoms with Crippen LogP contribution < -0.4 is 4.72 Å². The maximum atomic E-state index is 12.5. The van der Waals surface area contributed by atoms with E-state index in [0.717, 1.165) is 23.6 Å². The molecule has 1 rings (SSSR count). The standard InChI is InChI=1S/C18H31N3O4S/c1-20(17(14-18(22)23)15-21(2,3)4)26(24,25)19-13-9-8-12-16-10-6-5-7-11-16/h5-7,10-11,17,19H,8-9,12-15H2,1-4H3/p+1/t17-/m0/s1. The average Bonchev–Trinajstić information content (AvgIpc) is 2.52. The van der Waals surface area contributed by atoms with E-state index in [-0.39, 0.29) is 6.42 Å². The van der Waals surface area contributed by atoms with Gasteiger partial charge in [0.1, 0.15) is 0 Å². The Balaban J connectivity index is 2.53. The van der Waals surface area contributed by atoms with Crippen LogP contribution >= 0.6 is 0 Å². The van der Waals surface area contributed by atoms with Crippen molar-refractivity contribution >= 4 is 16.2 Å². The lowest BCUT2D eigenvalue weighted by atomic mass is 10.1. The summed E-state index contributed by atoms with van der Waals surface area (Å²) in [6.45, 7) is 0.751. The molecule has 1 aromatic carbocycles. The summed E-state index contributed by atoms with van der Waals surface area (Å²) >= 11 is 0. The molecule has 0 spiro atoms. The molecule has 1 atom stereocenters. The molecule has 0 bridgehead atoms. The quantitative estimate of drug-likeness (QED) is 0.419. The van der Waals surface area contributed by atoms with Gasteiger partial charge in [-0.3, -0.25) is 4.79 Å². The summed E-state index contributed by atoms with van der Waals surface area (Å²) < 4.78 is 29.2. The number of nitrogens with one attached hydrogen (secondary N) is 1. The smallest absolute Gasteiger partial charge is 0.305 e. The van der Waals surface area contributed by atoms with Crippen LogP contribution in [0.5, 0.6) is 0 Å². The van der Waals surface area contributed by atoms with E-state index in [4.69, 9.17) is 5.11 Å². The van der Waals surface area contributed by atoms with Gasteiger partial charge in [0.05, 0.1) is 40.2 Å². The first-order valence-corrected chi connectivity index (χ1v) is 10.2. The lowest BCUT2D eigenvalue weighted by molar-refractivity contribution is -0.872. The number of unbranched alkanes of at least 4 members (excludes halogenated alkanes) is 1. The molecule has 0 radical (unpaired) electrons. The zero-order chi connectivity index (χ0) is 19.8. The Hall–Kier alpha value is -1.48. The number of aryl methyl sites for hydroxylation is 1. The van der Waals surface area contributed by atoms with Crippen molar-refractivity contribution in [3.05, 3.63) is 35.9 Å². The second-order valence-corrected chi connectivity index (χ2v) is 9.40. The van der Waals surface area contributed by atoms with Gasteiger partial charge in [0.2, 0.25) is 0 Å². The number of rotatable bonds is 12. The molecule has 148 valence electrons. The maximum absolute atomic E-state index is 12.5. The highest BCUT2D eigenvalue weighted by molar-refractivity contribution is 7.87. The van der Waals surface area contributed by atoms with Gasteiger partial charge in [0.15, 0.2) is 0 Å². The molecule has 0 saturated heterocycles. The van der Waals surface area contributed by atoms with Gasteiger partial charge in [0.25, 0.3) is 10.2 Å². The zero-order valence-electron chi connectivity index (χ0n) is 16.2. The van der Waals surface area contributed by atoms with E-state index in [1.165, 1.54) is 12.6 Å². The van der Waals surface area contributed by atoms with E-state index in [0.29, 0.717) is 17.6 Å². The molecule has 0 aliphatic rings. The summed E-state index contributed by atoms with van der Waals surface area (Å²) in [4.78, 5) is 11.1. The normalized spacial score (nSPS) is 13.7. The fourth-order valence-corrected chi connectivity index (χ4v) is 3.88. The van der Waals surface area contributed by atoms with Crippen LogP contribution in [0.2, 0.25) is 0 Å². The van der Waals surface area contributed by atoms with E-state index in [1.54, 1.807) is 0 Å². The Bertz CT molecular complexity index is 657. The third-order valence-electron chi connectivity index (χ3n) is 4.08. The number of aliphatic carboxylic acids is 1. The van der Waals surface area contributed by atoms with E-state index in [9.17, 15) is 13.2 Å². The minimum Gasteiger partial charge on any atom is -0.481 e. The largest absolute Gasteiger partial charge is 0.481 e. The van der Waals surface area contributed by atoms with Crippen LogP contribution in [0.4, 0.5) is 0 Å². The SMILES string of the molecule is CN([C@@H](CC(=O)O)C[N+](C)(C)C)S(=O)(=O)NCCCCc1ccccc1. The van der Waals surface area contributed by atoms with Crippen molar-refractivity contribution in [2.45, 2.75) is 31.7 Å². The van der Waals surface area contributed by atoms with Gasteiger partial charge in [-0.25, -0.2) is 4.72 Å². The highest BCUT2D eigenvalue weighted by Crippen LogP contribution is 2.11. The van der Waals surface area contributed by atoms with Gasteiger partial charge in [-0.15, -0.1) is 0 Å². The van der Waals surface area contributed by atoms with Crippen molar-refractivity contribution in [1.29, 1.82) is 0 Å². The summed E-state index contributed by atoms with van der Waals surface area (Å²) in [5.74, 6) is -1.01. The predicted molar refractivity (Wildman–Crippen MR) is 103 cm³/mol. The van der Waals surface area contributed by atoms with Crippen LogP contribution in [-0.2, 0) is 21.4 Å². The molecule has 8 heteroatoms. The van der Waals surface area contributed by atoms with Gasteiger partial charge in [0, 0.05) is 13.6 Å². The van der Waals surface area contributed by atoms with Gasteiger partial charge in [-0.2, -0.15) is 12.7 Å². The molecule has 0 amide bonds. The Labute approximate surface area is 157 Å². The van der Waals surface area contributed by atoms with Crippen molar-refractivity contribution in [2.75, 3.05) is 41.3 Å². The topological polar surface area (TPSA) is 86.7 Å². The molecule has 7 nitrogen and oxygen atoms in total. The predicted octanol–water partition coefficient (Wildman–Crippen LogP) is 1.33. The summed E-state index contributed by atoms with van der Waals surface area (Å²) in [5.41, 5.74) is 1.23. The first kappa shape index (κ1) is 22.6. The highest BCUT2D eigenvalue weighted by atomic mass is 32.2. The fraction of sp³-hybridized carbons (Fsp3) is 0.611. The number of benzene rings is 1. The fourth-order valence-electron chi connectivity index (χ4n) is 2.74. The number of likely N-dealkylation sites (N-methyl/N-ethyl adjacent to an activating group) is 2. The van der Waals surface area contributed by atoms with Crippen molar-refractivity contribution in [3.63, 3.8) is 0 Å². The molecule has 1 aromatic rings. The molecular weight excluding hydrogens is 354 g/mol. The van der Waals surface area contributed by atoms with E-state index < -0.39 is 22.2 Å². The Morgan fingerprint density at radius 2 is 1.81 bits per heavy atom. The monoisotopic (exact) mass is 386 g/mol. The first-order chi connectivity index (χ1) is 12.0. The lowest BCUT2D eigenvalue weighted by Gasteiger charge is -2.33. The number of hydrogen-bond donors (Lipinski definition) is 2. The molecule has 2 N–H and O–H groups in total. The molecule has 0 heterocycles. The Kier molecular flexibility index (Phi) is 8.69. The molecule has 0 unspecified atom stereocenters. The van der Waals surface area contributed by atoms with Gasteiger partial charge >= 0.3 is 5.97 Å². The van der Waals surface area contributed by atoms with Crippen LogP contribution in [-0.4, -0.2) is 75.6 Å². The van der Waals surface area contributed by atoms with Gasteiger partial charge in [-0.05, 0) is 24.8 Å². The minimum atomic E-state index is -3.71. The highest BCUT2D eigenvalue weighted by Gasteiger charge is 2.31. The zero-order valence-corrected chi connectivity index (χ0v) is 17.0. The van der Waals surface area contributed by atoms with E-state index in [2.05, 4.69) is 16.9 Å². The first-order valence-electron chi connectivity index (χ1n) is 8.80. The molecule has 0 saturated carbocycles. The maximum Gasteiger partial charge on any atom is 0.305 e. The third kappa shape index (κ3) is 8.75. The molecule has 0 aromatic heterocycles. The number of hydrogen-bond acceptors (Lipinski definition) is 3. The number of carbonyl (C=O) groups is 1. The van der Waals surface area contributed by atoms with Crippen molar-refractivity contribution in [1.82, 2.24) is 9.03 Å². The molecular formula is C18H32N3O4S+. The summed E-state index contributed by atoms with van der Waals surface area (Å²) in [6, 6.07) is 9.46. The summed E-state index contributed by atoms with van der Waals surface area (Å²) in [5, 5.41) is 9.10. The van der Waals surface area contributed by atoms with Crippen LogP contribution in [0.15, 0.2) is 30.3 Å². The second kappa shape index (κ2) is 10.0. The summed E-state index contributed by atoms with van der Waals surface area (Å²) in [6.07, 6.45) is 2.29. The van der Waals surface area contributed by atoms with Crippen molar-refractivity contribution in [3.8, 4) is 0 Å². The molecule has 0 aliphatic heterocycles. The summed E-state index contributed by atoms with van der Waals surface area (Å²) in [7, 11) is 3.45. The lowest BCUT2D eigenvalue weighted by Crippen LogP contribution is -2.52. The number of nitrogens with zero attached hydrogens (tertiary/aromatic N) is 2. The second-order valence-electron chi connectivity index (χ2n) is 7.58. The Morgan fingerprint density at radius 3 is 2.35 bits per heavy atom. The van der Waals surface area contributed by atoms with Crippen LogP contribution in [0.1, 0.15) is 24.8 Å². The van der Waals surface area contributed by atoms with Crippen LogP contribution in [0.3, 0.4) is 0 Å². The molecule has 0 aliphatic carbocycles. The molecule has 26 heavy (non-hydrogen) atoms. The number of carboxylic acids is 1. The van der Waals surface area contributed by atoms with Gasteiger partial charge in [-0.1, -0.05) is 30.3 Å². The number of carboxylic acid groups (broad SMARTS) is 1. The third-order valence-corrected chi connectivity index (χ3v) is 5.71. The Morgan fingerprint density at radius 1 is 1.19 bits per heavy atom. The van der Waals surface area contributed by atoms with Crippen LogP contribution in [0.25, 0.3) is 0 Å². The molecule has 0 fully saturated rings. The number of quaternary nitrogens is 1. The average molecular weight is 387 g/mol. The van der Waals surface area contributed by atoms with E-state index in [1.807, 2.05) is 39.3 Å². The van der Waals surface area contributed by atoms with E-state index >= 15 is 0 Å². The minimum absolute atomic E-state index is 0.221. The van der Waals surface area contributed by atoms with Crippen LogP contribution in [0, 0.1) is 0 Å². The van der Waals surface area contributed by atoms with Crippen molar-refractivity contribution < 1.29 is 22.8 Å².